The zero-order valence-corrected chi connectivity index (χ0v) is 27.6. The smallest absolute Gasteiger partial charge is 0.266 e. The summed E-state index contributed by atoms with van der Waals surface area (Å²) in [7, 11) is 4.87. The Morgan fingerprint density at radius 2 is 1.89 bits per heavy atom. The van der Waals surface area contributed by atoms with E-state index in [2.05, 4.69) is 38.7 Å². The largest absolute Gasteiger partial charge is 0.481 e. The Morgan fingerprint density at radius 1 is 1.18 bits per heavy atom. The van der Waals surface area contributed by atoms with Crippen LogP contribution >= 0.6 is 11.6 Å². The van der Waals surface area contributed by atoms with Gasteiger partial charge in [0.1, 0.15) is 11.4 Å². The van der Waals surface area contributed by atoms with Gasteiger partial charge < -0.3 is 19.7 Å². The molecule has 9 heteroatoms. The van der Waals surface area contributed by atoms with Gasteiger partial charge in [0.15, 0.2) is 0 Å². The van der Waals surface area contributed by atoms with Gasteiger partial charge in [0, 0.05) is 49.3 Å². The fraction of sp³-hybridized carbons (Fsp3) is 0.361. The number of pyridine rings is 1. The third-order valence-corrected chi connectivity index (χ3v) is 9.39. The molecule has 2 unspecified atom stereocenters. The van der Waals surface area contributed by atoms with E-state index >= 15 is 0 Å². The Balaban J connectivity index is 1.56. The van der Waals surface area contributed by atoms with Crippen molar-refractivity contribution in [3.05, 3.63) is 88.4 Å². The van der Waals surface area contributed by atoms with Crippen LogP contribution in [0, 0.1) is 0 Å². The maximum absolute atomic E-state index is 13.7. The van der Waals surface area contributed by atoms with Gasteiger partial charge in [-0.05, 0) is 59.9 Å². The lowest BCUT2D eigenvalue weighted by Crippen LogP contribution is -2.43. The molecule has 2 heterocycles. The molecule has 2 aliphatic rings. The fourth-order valence-corrected chi connectivity index (χ4v) is 6.54. The number of halogens is 1. The van der Waals surface area contributed by atoms with Gasteiger partial charge in [-0.1, -0.05) is 69.3 Å². The van der Waals surface area contributed by atoms with Gasteiger partial charge in [-0.15, -0.1) is 0 Å². The van der Waals surface area contributed by atoms with Crippen molar-refractivity contribution in [3.8, 4) is 28.3 Å². The maximum atomic E-state index is 13.7. The molecule has 8 nitrogen and oxygen atoms in total. The van der Waals surface area contributed by atoms with Crippen LogP contribution in [-0.4, -0.2) is 61.0 Å². The lowest BCUT2D eigenvalue weighted by molar-refractivity contribution is -0.128. The van der Waals surface area contributed by atoms with Gasteiger partial charge in [0.25, 0.3) is 11.8 Å². The van der Waals surface area contributed by atoms with Gasteiger partial charge in [-0.25, -0.2) is 4.98 Å². The number of carbonyl (C=O) groups excluding carboxylic acids is 2. The first-order chi connectivity index (χ1) is 21.6. The monoisotopic (exact) mass is 628 g/mol. The Morgan fingerprint density at radius 3 is 2.60 bits per heavy atom. The molecule has 2 atom stereocenters. The second-order valence-electron chi connectivity index (χ2n) is 11.7. The molecular formula is C36H41ClN4O4. The molecule has 5 rings (SSSR count). The summed E-state index contributed by atoms with van der Waals surface area (Å²) in [4.78, 5) is 34.8. The fourth-order valence-electron chi connectivity index (χ4n) is 6.21. The minimum Gasteiger partial charge on any atom is -0.481 e. The number of carbonyl (C=O) groups is 2. The Labute approximate surface area is 270 Å². The zero-order valence-electron chi connectivity index (χ0n) is 26.9. The number of rotatable bonds is 10. The van der Waals surface area contributed by atoms with E-state index in [-0.39, 0.29) is 11.5 Å². The highest BCUT2D eigenvalue weighted by Crippen LogP contribution is 2.45. The molecule has 2 amide bonds. The van der Waals surface area contributed by atoms with Gasteiger partial charge >= 0.3 is 0 Å². The number of fused-ring (bicyclic) bond motifs is 1. The summed E-state index contributed by atoms with van der Waals surface area (Å²) < 4.78 is 10.9. The number of aryl methyl sites for hydroxylation is 1. The predicted molar refractivity (Wildman–Crippen MR) is 179 cm³/mol. The van der Waals surface area contributed by atoms with Gasteiger partial charge in [0.2, 0.25) is 5.88 Å². The van der Waals surface area contributed by atoms with Gasteiger partial charge in [-0.3, -0.25) is 14.5 Å². The second kappa shape index (κ2) is 13.5. The van der Waals surface area contributed by atoms with Crippen molar-refractivity contribution < 1.29 is 19.1 Å². The number of benzene rings is 2. The number of ether oxygens (including phenoxy) is 2. The van der Waals surface area contributed by atoms with Crippen LogP contribution in [0.15, 0.2) is 66.6 Å². The Kier molecular flexibility index (Phi) is 9.65. The Bertz CT molecular complexity index is 1680. The topological polar surface area (TPSA) is 84.0 Å². The normalized spacial score (nSPS) is 16.9. The lowest BCUT2D eigenvalue weighted by Gasteiger charge is -2.34. The quantitative estimate of drug-likeness (QED) is 0.236. The number of nitrogens with one attached hydrogen (secondary N) is 1. The second-order valence-corrected chi connectivity index (χ2v) is 12.1. The van der Waals surface area contributed by atoms with E-state index in [1.807, 2.05) is 36.4 Å². The van der Waals surface area contributed by atoms with Crippen LogP contribution in [0.25, 0.3) is 22.4 Å². The van der Waals surface area contributed by atoms with Crippen molar-refractivity contribution in [3.63, 3.8) is 0 Å². The summed E-state index contributed by atoms with van der Waals surface area (Å²) in [5, 5.41) is 3.62. The van der Waals surface area contributed by atoms with Crippen LogP contribution in [0.5, 0.6) is 5.88 Å². The SMILES string of the molecule is C=C1N(CCOC)C=C(C(=O)Nc2cccc(-c3cccc(-c4cc5c(c(OC)n4)C(C)CC5)c3Cl)c2C(C)CC)C(=O)N1C. The number of aromatic nitrogens is 1. The summed E-state index contributed by atoms with van der Waals surface area (Å²) in [6.07, 6.45) is 4.42. The molecule has 1 aromatic heterocycles. The highest BCUT2D eigenvalue weighted by Gasteiger charge is 2.32. The first-order valence-corrected chi connectivity index (χ1v) is 15.7. The molecule has 45 heavy (non-hydrogen) atoms. The van der Waals surface area contributed by atoms with Crippen molar-refractivity contribution in [2.45, 2.75) is 51.9 Å². The van der Waals surface area contributed by atoms with Crippen LogP contribution in [0.3, 0.4) is 0 Å². The number of likely N-dealkylation sites (N-methyl/N-ethyl adjacent to an activating group) is 1. The molecule has 236 valence electrons. The van der Waals surface area contributed by atoms with E-state index in [4.69, 9.17) is 26.1 Å². The van der Waals surface area contributed by atoms with Crippen molar-refractivity contribution in [2.24, 2.45) is 0 Å². The minimum absolute atomic E-state index is 0.0208. The van der Waals surface area contributed by atoms with E-state index in [1.165, 1.54) is 16.0 Å². The van der Waals surface area contributed by atoms with E-state index in [0.717, 1.165) is 47.2 Å². The average Bonchev–Trinajstić information content (AvgIpc) is 3.42. The van der Waals surface area contributed by atoms with Gasteiger partial charge in [0.05, 0.1) is 24.4 Å². The molecule has 0 fully saturated rings. The third kappa shape index (κ3) is 6.09. The van der Waals surface area contributed by atoms with Crippen molar-refractivity contribution in [1.82, 2.24) is 14.8 Å². The van der Waals surface area contributed by atoms with E-state index in [1.54, 1.807) is 32.4 Å². The molecule has 0 radical (unpaired) electrons. The highest BCUT2D eigenvalue weighted by molar-refractivity contribution is 6.36. The predicted octanol–water partition coefficient (Wildman–Crippen LogP) is 7.35. The first kappa shape index (κ1) is 32.3. The molecule has 3 aromatic rings. The van der Waals surface area contributed by atoms with Crippen molar-refractivity contribution in [2.75, 3.05) is 39.7 Å². The van der Waals surface area contributed by atoms with Gasteiger partial charge in [-0.2, -0.15) is 0 Å². The molecule has 2 aromatic carbocycles. The lowest BCUT2D eigenvalue weighted by atomic mass is 9.87. The molecular weight excluding hydrogens is 588 g/mol. The minimum atomic E-state index is -0.494. The van der Waals surface area contributed by atoms with Crippen LogP contribution in [0.4, 0.5) is 5.69 Å². The number of nitrogens with zero attached hydrogens (tertiary/aromatic N) is 3. The number of hydrogen-bond acceptors (Lipinski definition) is 6. The van der Waals surface area contributed by atoms with E-state index in [9.17, 15) is 9.59 Å². The first-order valence-electron chi connectivity index (χ1n) is 15.4. The molecule has 0 saturated carbocycles. The van der Waals surface area contributed by atoms with Crippen LogP contribution in [-0.2, 0) is 20.7 Å². The average molecular weight is 629 g/mol. The summed E-state index contributed by atoms with van der Waals surface area (Å²) in [5.74, 6) is 0.701. The van der Waals surface area contributed by atoms with Crippen LogP contribution in [0.1, 0.15) is 62.1 Å². The number of amides is 2. The molecule has 1 N–H and O–H groups in total. The molecule has 0 saturated heterocycles. The maximum Gasteiger partial charge on any atom is 0.266 e. The zero-order chi connectivity index (χ0) is 32.4. The number of hydrogen-bond donors (Lipinski definition) is 1. The van der Waals surface area contributed by atoms with Crippen LogP contribution < -0.4 is 10.1 Å². The summed E-state index contributed by atoms with van der Waals surface area (Å²) in [5.41, 5.74) is 7.35. The summed E-state index contributed by atoms with van der Waals surface area (Å²) in [6, 6.07) is 13.9. The molecule has 0 bridgehead atoms. The highest BCUT2D eigenvalue weighted by atomic mass is 35.5. The number of methoxy groups -OCH3 is 2. The van der Waals surface area contributed by atoms with E-state index < -0.39 is 11.8 Å². The van der Waals surface area contributed by atoms with Crippen molar-refractivity contribution >= 4 is 29.1 Å². The number of anilines is 1. The summed E-state index contributed by atoms with van der Waals surface area (Å²) >= 11 is 7.21. The molecule has 1 aliphatic heterocycles. The third-order valence-electron chi connectivity index (χ3n) is 8.99. The standard InChI is InChI=1S/C36H41ClN4O4/c1-8-21(2)32-25(11-10-14-29(32)38-34(42)28-20-41(17-18-44-6)23(4)40(5)36(28)43)26-12-9-13-27(33(26)37)30-19-24-16-15-22(3)31(24)35(39-30)45-7/h9-14,19-22H,4,8,15-18H2,1-3,5-7H3,(H,38,42). The molecule has 1 aliphatic carbocycles. The van der Waals surface area contributed by atoms with Crippen LogP contribution in [0.2, 0.25) is 5.02 Å². The van der Waals surface area contributed by atoms with E-state index in [0.29, 0.717) is 41.5 Å². The summed E-state index contributed by atoms with van der Waals surface area (Å²) in [6.45, 7) is 11.3. The Hall–Kier alpha value is -4.14. The van der Waals surface area contributed by atoms with Crippen molar-refractivity contribution in [1.29, 1.82) is 0 Å². The molecule has 0 spiro atoms.